The predicted octanol–water partition coefficient (Wildman–Crippen LogP) is 3.02. The molecule has 2 aromatic rings. The quantitative estimate of drug-likeness (QED) is 0.180. The summed E-state index contributed by atoms with van der Waals surface area (Å²) in [4.78, 5) is 45.0. The number of methoxy groups -OCH3 is 1. The first-order valence-electron chi connectivity index (χ1n) is 12.4. The maximum absolute atomic E-state index is 13.3. The summed E-state index contributed by atoms with van der Waals surface area (Å²) in [5.41, 5.74) is -0.224. The zero-order valence-corrected chi connectivity index (χ0v) is 23.7. The Morgan fingerprint density at radius 2 is 1.66 bits per heavy atom. The molecule has 0 aliphatic carbocycles. The molecule has 16 heteroatoms. The zero-order chi connectivity index (χ0) is 30.7. The van der Waals surface area contributed by atoms with E-state index in [1.54, 1.807) is 6.92 Å². The Balaban J connectivity index is 2.08. The zero-order valence-electron chi connectivity index (χ0n) is 22.9. The van der Waals surface area contributed by atoms with Gasteiger partial charge in [-0.3, -0.25) is 20.2 Å². The van der Waals surface area contributed by atoms with Gasteiger partial charge in [-0.15, -0.1) is 0 Å². The van der Waals surface area contributed by atoms with Crippen LogP contribution in [0.1, 0.15) is 25.8 Å². The van der Waals surface area contributed by atoms with Crippen LogP contribution in [0, 0.1) is 26.1 Å². The first kappa shape index (κ1) is 33.1. The number of likely N-dealkylation sites (N-methyl/N-ethyl adjacent to an activating group) is 1. The molecule has 0 saturated heterocycles. The normalized spacial score (nSPS) is 13.6. The first-order valence-corrected chi connectivity index (χ1v) is 13.8. The lowest BCUT2D eigenvalue weighted by Crippen LogP contribution is -2.47. The van der Waals surface area contributed by atoms with E-state index in [0.717, 1.165) is 23.5 Å². The Morgan fingerprint density at radius 3 is 2.22 bits per heavy atom. The average molecular weight is 597 g/mol. The molecule has 1 amide bonds. The highest BCUT2D eigenvalue weighted by Gasteiger charge is 2.36. The highest BCUT2D eigenvalue weighted by molar-refractivity contribution is 7.89. The first-order chi connectivity index (χ1) is 19.3. The van der Waals surface area contributed by atoms with E-state index in [1.165, 1.54) is 43.4 Å². The highest BCUT2D eigenvalue weighted by Crippen LogP contribution is 2.28. The summed E-state index contributed by atoms with van der Waals surface area (Å²) in [5.74, 6) is -1.10. The number of ether oxygens (including phenoxy) is 3. The standard InChI is InChI=1S/C25H32N4O11S/c1-5-17(2)22(27(3)41(36,37)23-9-7-6-8-21(23)29(34)35)16-39-15-20(24(30)38-4)26-25(31)40-14-18-10-12-19(13-11-18)28(32)33/h6-13,17,20,22H,5,14-16H2,1-4H3,(H,26,31)/t17-,20+,22+/m0/s1. The van der Waals surface area contributed by atoms with Crippen molar-refractivity contribution in [1.82, 2.24) is 9.62 Å². The lowest BCUT2D eigenvalue weighted by Gasteiger charge is -2.31. The number of nitro groups is 2. The largest absolute Gasteiger partial charge is 0.467 e. The molecule has 0 aliphatic rings. The lowest BCUT2D eigenvalue weighted by molar-refractivity contribution is -0.387. The van der Waals surface area contributed by atoms with Crippen molar-refractivity contribution in [2.24, 2.45) is 5.92 Å². The molecule has 3 atom stereocenters. The van der Waals surface area contributed by atoms with E-state index in [-0.39, 0.29) is 24.8 Å². The second kappa shape index (κ2) is 15.0. The van der Waals surface area contributed by atoms with Crippen molar-refractivity contribution in [1.29, 1.82) is 0 Å². The molecule has 0 aromatic heterocycles. The van der Waals surface area contributed by atoms with Gasteiger partial charge >= 0.3 is 12.1 Å². The van der Waals surface area contributed by atoms with Crippen LogP contribution in [0.2, 0.25) is 0 Å². The number of esters is 1. The minimum atomic E-state index is -4.31. The molecule has 2 aromatic carbocycles. The maximum Gasteiger partial charge on any atom is 0.408 e. The lowest BCUT2D eigenvalue weighted by atomic mass is 10.0. The Bertz CT molecular complexity index is 1340. The van der Waals surface area contributed by atoms with Crippen LogP contribution in [-0.2, 0) is 35.6 Å². The van der Waals surface area contributed by atoms with Crippen LogP contribution in [-0.4, -0.2) is 74.1 Å². The van der Waals surface area contributed by atoms with Gasteiger partial charge in [0.25, 0.3) is 11.4 Å². The van der Waals surface area contributed by atoms with Gasteiger partial charge in [-0.2, -0.15) is 4.31 Å². The van der Waals surface area contributed by atoms with Gasteiger partial charge in [0, 0.05) is 25.2 Å². The Labute approximate surface area is 236 Å². The maximum atomic E-state index is 13.3. The molecule has 224 valence electrons. The Morgan fingerprint density at radius 1 is 1.02 bits per heavy atom. The number of hydrogen-bond acceptors (Lipinski definition) is 11. The molecule has 0 radical (unpaired) electrons. The number of carbonyl (C=O) groups is 2. The number of rotatable bonds is 15. The summed E-state index contributed by atoms with van der Waals surface area (Å²) in [7, 11) is -1.91. The summed E-state index contributed by atoms with van der Waals surface area (Å²) in [6.07, 6.45) is -0.449. The number of hydrogen-bond donors (Lipinski definition) is 1. The number of nitrogens with one attached hydrogen (secondary N) is 1. The van der Waals surface area contributed by atoms with Crippen molar-refractivity contribution in [3.63, 3.8) is 0 Å². The van der Waals surface area contributed by atoms with Crippen LogP contribution >= 0.6 is 0 Å². The number of amides is 1. The van der Waals surface area contributed by atoms with Crippen molar-refractivity contribution in [2.45, 2.75) is 43.9 Å². The topological polar surface area (TPSA) is 198 Å². The fraction of sp³-hybridized carbons (Fsp3) is 0.440. The molecule has 0 heterocycles. The smallest absolute Gasteiger partial charge is 0.408 e. The second-order valence-electron chi connectivity index (χ2n) is 8.96. The number of sulfonamides is 1. The van der Waals surface area contributed by atoms with Gasteiger partial charge in [0.05, 0.1) is 36.2 Å². The van der Waals surface area contributed by atoms with Crippen LogP contribution in [0.5, 0.6) is 0 Å². The number of nitrogens with zero attached hydrogens (tertiary/aromatic N) is 3. The molecule has 0 fully saturated rings. The van der Waals surface area contributed by atoms with E-state index in [0.29, 0.717) is 12.0 Å². The number of nitro benzene ring substituents is 2. The van der Waals surface area contributed by atoms with Crippen molar-refractivity contribution < 1.29 is 42.1 Å². The SMILES string of the molecule is CC[C@H](C)[C@@H](COC[C@@H](NC(=O)OCc1ccc([N+](=O)[O-])cc1)C(=O)OC)N(C)S(=O)(=O)c1ccccc1[N+](=O)[O-]. The van der Waals surface area contributed by atoms with Crippen molar-refractivity contribution in [3.05, 3.63) is 74.3 Å². The average Bonchev–Trinajstić information content (AvgIpc) is 2.96. The molecular weight excluding hydrogens is 564 g/mol. The number of benzene rings is 2. The van der Waals surface area contributed by atoms with Gasteiger partial charge in [0.2, 0.25) is 10.0 Å². The minimum absolute atomic E-state index is 0.128. The molecular formula is C25H32N4O11S. The van der Waals surface area contributed by atoms with Crippen LogP contribution < -0.4 is 5.32 Å². The number of non-ortho nitro benzene ring substituents is 1. The Kier molecular flexibility index (Phi) is 12.1. The molecule has 0 saturated carbocycles. The van der Waals surface area contributed by atoms with Gasteiger partial charge in [-0.25, -0.2) is 18.0 Å². The molecule has 0 bridgehead atoms. The monoisotopic (exact) mass is 596 g/mol. The van der Waals surface area contributed by atoms with Crippen molar-refractivity contribution in [2.75, 3.05) is 27.4 Å². The molecule has 0 unspecified atom stereocenters. The molecule has 1 N–H and O–H groups in total. The van der Waals surface area contributed by atoms with Crippen LogP contribution in [0.15, 0.2) is 53.4 Å². The van der Waals surface area contributed by atoms with Gasteiger partial charge in [-0.05, 0) is 29.7 Å². The third-order valence-corrected chi connectivity index (χ3v) is 8.28. The number of carbonyl (C=O) groups excluding carboxylic acids is 2. The van der Waals surface area contributed by atoms with Gasteiger partial charge in [-0.1, -0.05) is 32.4 Å². The van der Waals surface area contributed by atoms with Gasteiger partial charge in [0.15, 0.2) is 10.9 Å². The molecule has 0 spiro atoms. The number of para-hydroxylation sites is 1. The summed E-state index contributed by atoms with van der Waals surface area (Å²) in [6, 6.07) is 8.24. The fourth-order valence-corrected chi connectivity index (χ4v) is 5.32. The Hall–Kier alpha value is -4.15. The summed E-state index contributed by atoms with van der Waals surface area (Å²) in [5, 5.41) is 24.5. The van der Waals surface area contributed by atoms with E-state index < -0.39 is 61.2 Å². The predicted molar refractivity (Wildman–Crippen MR) is 144 cm³/mol. The van der Waals surface area contributed by atoms with Crippen LogP contribution in [0.4, 0.5) is 16.2 Å². The molecule has 2 rings (SSSR count). The summed E-state index contributed by atoms with van der Waals surface area (Å²) >= 11 is 0. The molecule has 0 aliphatic heterocycles. The van der Waals surface area contributed by atoms with Gasteiger partial charge in [0.1, 0.15) is 6.61 Å². The van der Waals surface area contributed by atoms with Gasteiger partial charge < -0.3 is 19.5 Å². The highest BCUT2D eigenvalue weighted by atomic mass is 32.2. The summed E-state index contributed by atoms with van der Waals surface area (Å²) < 4.78 is 43.1. The molecule has 41 heavy (non-hydrogen) atoms. The third-order valence-electron chi connectivity index (χ3n) is 6.35. The number of alkyl carbamates (subject to hydrolysis) is 1. The van der Waals surface area contributed by atoms with Crippen molar-refractivity contribution >= 4 is 33.5 Å². The fourth-order valence-electron chi connectivity index (χ4n) is 3.72. The van der Waals surface area contributed by atoms with E-state index in [9.17, 15) is 38.2 Å². The van der Waals surface area contributed by atoms with E-state index in [2.05, 4.69) is 5.32 Å². The second-order valence-corrected chi connectivity index (χ2v) is 10.9. The molecule has 15 nitrogen and oxygen atoms in total. The summed E-state index contributed by atoms with van der Waals surface area (Å²) in [6.45, 7) is 2.78. The van der Waals surface area contributed by atoms with Crippen LogP contribution in [0.3, 0.4) is 0 Å². The van der Waals surface area contributed by atoms with Crippen molar-refractivity contribution in [3.8, 4) is 0 Å². The minimum Gasteiger partial charge on any atom is -0.467 e. The third kappa shape index (κ3) is 8.92. The van der Waals surface area contributed by atoms with Crippen LogP contribution in [0.25, 0.3) is 0 Å². The van der Waals surface area contributed by atoms with E-state index >= 15 is 0 Å². The van der Waals surface area contributed by atoms with E-state index in [1.807, 2.05) is 6.92 Å². The van der Waals surface area contributed by atoms with E-state index in [4.69, 9.17) is 14.2 Å².